The first-order valence-corrected chi connectivity index (χ1v) is 20.1. The molecule has 0 radical (unpaired) electrons. The Kier molecular flexibility index (Phi) is 17.0. The van der Waals surface area contributed by atoms with Gasteiger partial charge in [-0.25, -0.2) is 35.5 Å². The average Bonchev–Trinajstić information content (AvgIpc) is 3.18. The lowest BCUT2D eigenvalue weighted by Gasteiger charge is -2.24. The van der Waals surface area contributed by atoms with Crippen LogP contribution in [0.25, 0.3) is 0 Å². The van der Waals surface area contributed by atoms with E-state index in [-0.39, 0.29) is 11.5 Å². The number of para-hydroxylation sites is 2. The summed E-state index contributed by atoms with van der Waals surface area (Å²) < 4.78 is 192. The molecule has 328 valence electrons. The van der Waals surface area contributed by atoms with Crippen LogP contribution in [0.3, 0.4) is 0 Å². The predicted octanol–water partition coefficient (Wildman–Crippen LogP) is 9.76. The van der Waals surface area contributed by atoms with Crippen LogP contribution in [0.5, 0.6) is 23.0 Å². The SMILES string of the molecule is CC(C)OC(=O)[C@H](C)N[P@@](=O)(Oc1ccccc1)Oc1c(F)c(F)c(F)c(F)c1F.CC(C)OC(=O)[C@H](C)N[P@](=O)(Oc1ccccc1)Oc1c(F)c(F)c(F)c(F)c1F. The van der Waals surface area contributed by atoms with Gasteiger partial charge in [-0.2, -0.15) is 27.7 Å². The summed E-state index contributed by atoms with van der Waals surface area (Å²) in [6.45, 7) is 8.50. The number of nitrogens with one attached hydrogen (secondary N) is 2. The molecular formula is C36H34F10N2O10P2. The smallest absolute Gasteiger partial charge is 0.462 e. The monoisotopic (exact) mass is 906 g/mol. The second kappa shape index (κ2) is 20.8. The van der Waals surface area contributed by atoms with Crippen molar-refractivity contribution in [3.8, 4) is 23.0 Å². The van der Waals surface area contributed by atoms with Crippen molar-refractivity contribution >= 4 is 27.4 Å². The molecule has 0 heterocycles. The van der Waals surface area contributed by atoms with Crippen molar-refractivity contribution in [3.05, 3.63) is 119 Å². The molecule has 4 aromatic carbocycles. The quantitative estimate of drug-likeness (QED) is 0.0363. The maximum atomic E-state index is 14.0. The summed E-state index contributed by atoms with van der Waals surface area (Å²) in [6, 6.07) is 11.3. The summed E-state index contributed by atoms with van der Waals surface area (Å²) >= 11 is 0. The van der Waals surface area contributed by atoms with E-state index >= 15 is 0 Å². The number of esters is 2. The molecule has 0 spiro atoms. The molecule has 0 aromatic heterocycles. The number of carbonyl (C=O) groups is 2. The minimum absolute atomic E-state index is 0.137. The van der Waals surface area contributed by atoms with Gasteiger partial charge in [-0.15, -0.1) is 0 Å². The summed E-state index contributed by atoms with van der Waals surface area (Å²) in [5.74, 6) is -29.3. The highest BCUT2D eigenvalue weighted by atomic mass is 31.2. The van der Waals surface area contributed by atoms with Gasteiger partial charge in [-0.3, -0.25) is 9.59 Å². The molecule has 4 aromatic rings. The second-order valence-electron chi connectivity index (χ2n) is 12.5. The highest BCUT2D eigenvalue weighted by Crippen LogP contribution is 2.49. The molecule has 0 unspecified atom stereocenters. The van der Waals surface area contributed by atoms with Crippen LogP contribution in [-0.2, 0) is 28.2 Å². The number of benzene rings is 4. The zero-order valence-corrected chi connectivity index (χ0v) is 33.6. The largest absolute Gasteiger partial charge is 0.513 e. The van der Waals surface area contributed by atoms with Crippen molar-refractivity contribution in [1.29, 1.82) is 0 Å². The van der Waals surface area contributed by atoms with Crippen LogP contribution in [0.15, 0.2) is 60.7 Å². The van der Waals surface area contributed by atoms with Crippen LogP contribution in [0.4, 0.5) is 43.9 Å². The van der Waals surface area contributed by atoms with Gasteiger partial charge in [0.25, 0.3) is 0 Å². The number of hydrogen-bond acceptors (Lipinski definition) is 10. The van der Waals surface area contributed by atoms with E-state index in [1.54, 1.807) is 12.1 Å². The Morgan fingerprint density at radius 3 is 0.933 bits per heavy atom. The van der Waals surface area contributed by atoms with Crippen molar-refractivity contribution in [2.75, 3.05) is 0 Å². The standard InChI is InChI=1S/2C18H17F5NO5P/c2*1-9(2)27-18(25)10(3)24-30(26,28-11-7-5-4-6-8-11)29-17-15(22)13(20)12(19)14(21)16(17)23/h2*4-10H,1-3H3,(H,24,26)/t10-,30+;10-,30-/m00/s1. The molecule has 4 atom stereocenters. The van der Waals surface area contributed by atoms with Crippen LogP contribution in [0.1, 0.15) is 41.5 Å². The Morgan fingerprint density at radius 1 is 0.433 bits per heavy atom. The average molecular weight is 907 g/mol. The van der Waals surface area contributed by atoms with Crippen LogP contribution in [-0.4, -0.2) is 36.2 Å². The number of rotatable bonds is 16. The lowest BCUT2D eigenvalue weighted by molar-refractivity contribution is -0.149. The molecule has 2 N–H and O–H groups in total. The van der Waals surface area contributed by atoms with Crippen LogP contribution < -0.4 is 28.3 Å². The molecule has 12 nitrogen and oxygen atoms in total. The molecule has 60 heavy (non-hydrogen) atoms. The maximum Gasteiger partial charge on any atom is 0.513 e. The van der Waals surface area contributed by atoms with Gasteiger partial charge in [0.2, 0.25) is 69.7 Å². The van der Waals surface area contributed by atoms with Crippen LogP contribution in [0.2, 0.25) is 0 Å². The zero-order valence-electron chi connectivity index (χ0n) is 31.8. The minimum Gasteiger partial charge on any atom is -0.462 e. The molecule has 0 aliphatic carbocycles. The lowest BCUT2D eigenvalue weighted by Crippen LogP contribution is -2.37. The van der Waals surface area contributed by atoms with Crippen LogP contribution >= 0.6 is 15.5 Å². The maximum absolute atomic E-state index is 14.0. The molecule has 0 amide bonds. The molecule has 0 aliphatic heterocycles. The lowest BCUT2D eigenvalue weighted by atomic mass is 10.3. The summed E-state index contributed by atoms with van der Waals surface area (Å²) in [6.07, 6.45) is -1.10. The van der Waals surface area contributed by atoms with Crippen molar-refractivity contribution in [2.24, 2.45) is 0 Å². The van der Waals surface area contributed by atoms with E-state index < -0.39 is 121 Å². The van der Waals surface area contributed by atoms with Gasteiger partial charge in [-0.1, -0.05) is 36.4 Å². The Balaban J connectivity index is 0.000000320. The molecule has 0 saturated heterocycles. The summed E-state index contributed by atoms with van der Waals surface area (Å²) in [4.78, 5) is 24.0. The number of hydrogen-bond donors (Lipinski definition) is 2. The predicted molar refractivity (Wildman–Crippen MR) is 191 cm³/mol. The fraction of sp³-hybridized carbons (Fsp3) is 0.278. The van der Waals surface area contributed by atoms with Crippen molar-refractivity contribution in [2.45, 2.75) is 65.8 Å². The first-order valence-electron chi connectivity index (χ1n) is 17.0. The van der Waals surface area contributed by atoms with Gasteiger partial charge in [0.05, 0.1) is 12.2 Å². The van der Waals surface area contributed by atoms with Gasteiger partial charge in [0.15, 0.2) is 0 Å². The highest BCUT2D eigenvalue weighted by molar-refractivity contribution is 7.52. The molecular weight excluding hydrogens is 872 g/mol. The van der Waals surface area contributed by atoms with Crippen molar-refractivity contribution in [3.63, 3.8) is 0 Å². The highest BCUT2D eigenvalue weighted by Gasteiger charge is 2.40. The molecule has 4 rings (SSSR count). The van der Waals surface area contributed by atoms with Crippen molar-refractivity contribution < 1.29 is 90.2 Å². The summed E-state index contributed by atoms with van der Waals surface area (Å²) in [5.41, 5.74) is 0. The Morgan fingerprint density at radius 2 is 0.683 bits per heavy atom. The van der Waals surface area contributed by atoms with E-state index in [9.17, 15) is 62.6 Å². The van der Waals surface area contributed by atoms with E-state index in [0.29, 0.717) is 0 Å². The number of carbonyl (C=O) groups excluding carboxylic acids is 2. The normalized spacial score (nSPS) is 14.2. The van der Waals surface area contributed by atoms with E-state index in [1.807, 2.05) is 0 Å². The summed E-state index contributed by atoms with van der Waals surface area (Å²) in [7, 11) is -9.82. The number of ether oxygens (including phenoxy) is 2. The molecule has 0 aliphatic rings. The molecule has 24 heteroatoms. The van der Waals surface area contributed by atoms with Gasteiger partial charge in [0.1, 0.15) is 23.6 Å². The third kappa shape index (κ3) is 12.8. The fourth-order valence-corrected chi connectivity index (χ4v) is 7.25. The molecule has 0 fully saturated rings. The Bertz CT molecular complexity index is 2050. The first kappa shape index (κ1) is 49.1. The van der Waals surface area contributed by atoms with E-state index in [4.69, 9.17) is 18.5 Å². The summed E-state index contributed by atoms with van der Waals surface area (Å²) in [5, 5.41) is 4.14. The Hall–Kier alpha value is -5.30. The van der Waals surface area contributed by atoms with Gasteiger partial charge < -0.3 is 27.6 Å². The first-order chi connectivity index (χ1) is 27.9. The van der Waals surface area contributed by atoms with E-state index in [2.05, 4.69) is 19.2 Å². The van der Waals surface area contributed by atoms with Gasteiger partial charge in [0, 0.05) is 0 Å². The van der Waals surface area contributed by atoms with Gasteiger partial charge >= 0.3 is 27.4 Å². The molecule has 0 bridgehead atoms. The van der Waals surface area contributed by atoms with Crippen LogP contribution in [0, 0.1) is 58.2 Å². The minimum atomic E-state index is -4.91. The van der Waals surface area contributed by atoms with E-state index in [1.165, 1.54) is 90.1 Å². The second-order valence-corrected chi connectivity index (χ2v) is 15.7. The van der Waals surface area contributed by atoms with Crippen molar-refractivity contribution in [1.82, 2.24) is 10.2 Å². The topological polar surface area (TPSA) is 148 Å². The fourth-order valence-electron chi connectivity index (χ4n) is 4.20. The third-order valence-electron chi connectivity index (χ3n) is 6.81. The Labute approximate surface area is 335 Å². The van der Waals surface area contributed by atoms with Gasteiger partial charge in [-0.05, 0) is 65.8 Å². The third-order valence-corrected chi connectivity index (χ3v) is 9.97. The van der Waals surface area contributed by atoms with E-state index in [0.717, 1.165) is 0 Å². The zero-order chi connectivity index (χ0) is 45.3. The number of halogens is 10. The molecule has 0 saturated carbocycles.